The van der Waals surface area contributed by atoms with Crippen molar-refractivity contribution in [3.63, 3.8) is 0 Å². The number of rotatable bonds is 3. The van der Waals surface area contributed by atoms with Crippen LogP contribution in [0.25, 0.3) is 0 Å². The van der Waals surface area contributed by atoms with Crippen LogP contribution in [0.1, 0.15) is 28.3 Å². The molecule has 4 aliphatic rings. The van der Waals surface area contributed by atoms with Gasteiger partial charge in [-0.2, -0.15) is 0 Å². The topological polar surface area (TPSA) is 62.4 Å². The molecule has 0 spiro atoms. The number of nitrogens with one attached hydrogen (secondary N) is 1. The minimum Gasteiger partial charge on any atom is -0.497 e. The van der Waals surface area contributed by atoms with E-state index in [2.05, 4.69) is 17.1 Å². The van der Waals surface area contributed by atoms with E-state index in [1.165, 1.54) is 15.3 Å². The lowest BCUT2D eigenvalue weighted by atomic mass is 9.68. The van der Waals surface area contributed by atoms with Crippen LogP contribution in [0.4, 0.5) is 5.69 Å². The Morgan fingerprint density at radius 2 is 1.69 bits per heavy atom. The molecule has 3 aromatic rings. The van der Waals surface area contributed by atoms with E-state index in [1.54, 1.807) is 18.4 Å². The molecule has 2 bridgehead atoms. The second-order valence-corrected chi connectivity index (χ2v) is 13.0. The molecule has 7 unspecified atom stereocenters. The van der Waals surface area contributed by atoms with E-state index in [-0.39, 0.29) is 46.7 Å². The Bertz CT molecular complexity index is 1410. The Balaban J connectivity index is 1.31. The van der Waals surface area contributed by atoms with Gasteiger partial charge in [0, 0.05) is 16.0 Å². The van der Waals surface area contributed by atoms with E-state index in [0.717, 1.165) is 26.7 Å². The molecule has 1 aromatic heterocycles. The maximum absolute atomic E-state index is 13.8. The third-order valence-electron chi connectivity index (χ3n) is 8.49. The monoisotopic (exact) mass is 520 g/mol. The number of amides is 2. The molecule has 35 heavy (non-hydrogen) atoms. The predicted molar refractivity (Wildman–Crippen MR) is 140 cm³/mol. The van der Waals surface area contributed by atoms with E-state index < -0.39 is 0 Å². The number of aromatic amines is 1. The first-order chi connectivity index (χ1) is 17.0. The predicted octanol–water partition coefficient (Wildman–Crippen LogP) is 5.80. The molecule has 5 nitrogen and oxygen atoms in total. The largest absolute Gasteiger partial charge is 0.497 e. The fourth-order valence-electron chi connectivity index (χ4n) is 7.15. The van der Waals surface area contributed by atoms with Crippen molar-refractivity contribution in [1.29, 1.82) is 0 Å². The molecule has 2 aliphatic heterocycles. The van der Waals surface area contributed by atoms with Gasteiger partial charge in [-0.25, -0.2) is 0 Å². The SMILES string of the molecule is COc1ccc(C2c3sc(=S)[nH]c3SC3C4CC(C5C(=O)N(c6ccc(C)cc6)C(=O)C45)C23)cc1. The number of thiazole rings is 1. The van der Waals surface area contributed by atoms with Gasteiger partial charge in [0.2, 0.25) is 11.8 Å². The van der Waals surface area contributed by atoms with Gasteiger partial charge < -0.3 is 9.72 Å². The van der Waals surface area contributed by atoms with Crippen LogP contribution in [0, 0.1) is 40.5 Å². The summed E-state index contributed by atoms with van der Waals surface area (Å²) in [6, 6.07) is 16.0. The van der Waals surface area contributed by atoms with Gasteiger partial charge in [0.1, 0.15) is 5.75 Å². The van der Waals surface area contributed by atoms with Crippen molar-refractivity contribution in [2.45, 2.75) is 29.5 Å². The first-order valence-electron chi connectivity index (χ1n) is 11.9. The van der Waals surface area contributed by atoms with E-state index >= 15 is 0 Å². The number of benzene rings is 2. The molecule has 1 N–H and O–H groups in total. The summed E-state index contributed by atoms with van der Waals surface area (Å²) in [5.74, 6) is 1.19. The maximum atomic E-state index is 13.8. The molecule has 2 amide bonds. The van der Waals surface area contributed by atoms with Gasteiger partial charge in [0.25, 0.3) is 0 Å². The van der Waals surface area contributed by atoms with Crippen molar-refractivity contribution >= 4 is 52.8 Å². The van der Waals surface area contributed by atoms with Crippen LogP contribution in [-0.2, 0) is 9.59 Å². The normalized spacial score (nSPS) is 32.5. The molecule has 8 heteroatoms. The van der Waals surface area contributed by atoms with Crippen LogP contribution < -0.4 is 9.64 Å². The van der Waals surface area contributed by atoms with Gasteiger partial charge in [0.15, 0.2) is 3.95 Å². The number of hydrogen-bond acceptors (Lipinski definition) is 6. The summed E-state index contributed by atoms with van der Waals surface area (Å²) in [5, 5.41) is 1.43. The molecule has 7 atom stereocenters. The fourth-order valence-corrected chi connectivity index (χ4v) is 10.5. The fraction of sp³-hybridized carbons (Fsp3) is 0.370. The van der Waals surface area contributed by atoms with Gasteiger partial charge in [0.05, 0.1) is 29.7 Å². The van der Waals surface area contributed by atoms with Crippen molar-refractivity contribution in [1.82, 2.24) is 4.98 Å². The molecule has 0 radical (unpaired) electrons. The van der Waals surface area contributed by atoms with E-state index in [9.17, 15) is 9.59 Å². The lowest BCUT2D eigenvalue weighted by Crippen LogP contribution is -2.42. The first-order valence-corrected chi connectivity index (χ1v) is 14.0. The molecule has 178 valence electrons. The summed E-state index contributed by atoms with van der Waals surface area (Å²) in [5.41, 5.74) is 3.04. The third-order valence-corrected chi connectivity index (χ3v) is 11.4. The summed E-state index contributed by atoms with van der Waals surface area (Å²) >= 11 is 9.04. The Morgan fingerprint density at radius 3 is 2.37 bits per heavy atom. The number of thioether (sulfide) groups is 1. The molecule has 2 aromatic carbocycles. The number of hydrogen-bond donors (Lipinski definition) is 1. The van der Waals surface area contributed by atoms with Gasteiger partial charge >= 0.3 is 0 Å². The van der Waals surface area contributed by atoms with Crippen LogP contribution in [-0.4, -0.2) is 29.2 Å². The second kappa shape index (κ2) is 7.79. The quantitative estimate of drug-likeness (QED) is 0.349. The van der Waals surface area contributed by atoms with Crippen LogP contribution in [0.2, 0.25) is 0 Å². The molecular formula is C27H24N2O3S3. The molecule has 2 saturated carbocycles. The van der Waals surface area contributed by atoms with Crippen LogP contribution in [0.15, 0.2) is 53.6 Å². The zero-order chi connectivity index (χ0) is 24.0. The van der Waals surface area contributed by atoms with Crippen molar-refractivity contribution in [3.8, 4) is 5.75 Å². The summed E-state index contributed by atoms with van der Waals surface area (Å²) < 4.78 is 6.18. The Labute approximate surface area is 216 Å². The lowest BCUT2D eigenvalue weighted by molar-refractivity contribution is -0.123. The molecule has 1 saturated heterocycles. The van der Waals surface area contributed by atoms with Crippen molar-refractivity contribution in [3.05, 3.63) is 68.5 Å². The summed E-state index contributed by atoms with van der Waals surface area (Å²) in [4.78, 5) is 33.6. The Hall–Kier alpha value is -2.42. The minimum atomic E-state index is -0.232. The molecule has 3 fully saturated rings. The standard InChI is InChI=1S/C27H24N2O3S3/c1-12-3-7-14(8-4-12)29-25(30)20-16-11-17(21(20)26(29)31)22-19(16)18(13-5-9-15(32-2)10-6-13)23-24(34-22)28-27(33)35-23/h3-10,16-22H,11H2,1-2H3,(H,28,33). The third kappa shape index (κ3) is 3.02. The van der Waals surface area contributed by atoms with Crippen molar-refractivity contribution in [2.24, 2.45) is 29.6 Å². The highest BCUT2D eigenvalue weighted by Crippen LogP contribution is 2.69. The molecule has 2 aliphatic carbocycles. The second-order valence-electron chi connectivity index (χ2n) is 10.1. The molecular weight excluding hydrogens is 497 g/mol. The maximum Gasteiger partial charge on any atom is 0.238 e. The van der Waals surface area contributed by atoms with E-state index in [0.29, 0.717) is 11.6 Å². The zero-order valence-corrected chi connectivity index (χ0v) is 21.7. The zero-order valence-electron chi connectivity index (χ0n) is 19.3. The number of anilines is 1. The minimum absolute atomic E-state index is 0.0132. The van der Waals surface area contributed by atoms with Crippen LogP contribution in [0.3, 0.4) is 0 Å². The Kier molecular flexibility index (Phi) is 4.86. The highest BCUT2D eigenvalue weighted by atomic mass is 32.2. The number of aromatic nitrogens is 1. The molecule has 7 rings (SSSR count). The average molecular weight is 521 g/mol. The summed E-state index contributed by atoms with van der Waals surface area (Å²) in [6.45, 7) is 2.01. The van der Waals surface area contributed by atoms with Gasteiger partial charge in [-0.1, -0.05) is 29.8 Å². The number of methoxy groups -OCH3 is 1. The molecule has 3 heterocycles. The number of H-pyrrole nitrogens is 1. The van der Waals surface area contributed by atoms with Crippen LogP contribution >= 0.6 is 35.3 Å². The number of carbonyl (C=O) groups excluding carboxylic acids is 2. The number of fused-ring (bicyclic) bond motifs is 9. The number of carbonyl (C=O) groups is 2. The van der Waals surface area contributed by atoms with Crippen molar-refractivity contribution in [2.75, 3.05) is 12.0 Å². The Morgan fingerprint density at radius 1 is 1.00 bits per heavy atom. The van der Waals surface area contributed by atoms with Crippen molar-refractivity contribution < 1.29 is 14.3 Å². The average Bonchev–Trinajstić information content (AvgIpc) is 3.59. The van der Waals surface area contributed by atoms with Gasteiger partial charge in [-0.3, -0.25) is 14.5 Å². The number of ether oxygens (including phenoxy) is 1. The lowest BCUT2D eigenvalue weighted by Gasteiger charge is -2.43. The summed E-state index contributed by atoms with van der Waals surface area (Å²) in [7, 11) is 1.68. The van der Waals surface area contributed by atoms with Gasteiger partial charge in [-0.05, 0) is 73.1 Å². The van der Waals surface area contributed by atoms with E-state index in [4.69, 9.17) is 17.0 Å². The number of aryl methyl sites for hydroxylation is 1. The smallest absolute Gasteiger partial charge is 0.238 e. The first kappa shape index (κ1) is 21.8. The number of imide groups is 1. The summed E-state index contributed by atoms with van der Waals surface area (Å²) in [6.07, 6.45) is 0.944. The van der Waals surface area contributed by atoms with Crippen LogP contribution in [0.5, 0.6) is 5.75 Å². The highest BCUT2D eigenvalue weighted by Gasteiger charge is 2.69. The number of nitrogens with zero attached hydrogens (tertiary/aromatic N) is 1. The van der Waals surface area contributed by atoms with E-state index in [1.807, 2.05) is 55.1 Å². The van der Waals surface area contributed by atoms with Gasteiger partial charge in [-0.15, -0.1) is 23.1 Å². The highest BCUT2D eigenvalue weighted by molar-refractivity contribution is 8.00.